The Morgan fingerprint density at radius 1 is 1.60 bits per heavy atom. The fourth-order valence-electron chi connectivity index (χ4n) is 1.61. The molecule has 1 heterocycles. The summed E-state index contributed by atoms with van der Waals surface area (Å²) in [5, 5.41) is 0.137. The third-order valence-corrected chi connectivity index (χ3v) is 4.15. The molecule has 0 N–H and O–H groups in total. The van der Waals surface area contributed by atoms with Gasteiger partial charge in [0.1, 0.15) is 6.04 Å². The first kappa shape index (κ1) is 12.6. The maximum atomic E-state index is 12.1. The maximum absolute atomic E-state index is 12.1. The third kappa shape index (κ3) is 2.54. The van der Waals surface area contributed by atoms with Gasteiger partial charge in [0, 0.05) is 18.2 Å². The summed E-state index contributed by atoms with van der Waals surface area (Å²) in [6.07, 6.45) is 1.59. The van der Waals surface area contributed by atoms with Crippen LogP contribution in [0.25, 0.3) is 0 Å². The molecule has 0 radical (unpaired) electrons. The fourth-order valence-corrected chi connectivity index (χ4v) is 2.62. The second-order valence-electron chi connectivity index (χ2n) is 4.63. The summed E-state index contributed by atoms with van der Waals surface area (Å²) in [7, 11) is 1.74. The Labute approximate surface area is 95.6 Å². The predicted octanol–water partition coefficient (Wildman–Crippen LogP) is 1.91. The van der Waals surface area contributed by atoms with Crippen molar-refractivity contribution in [2.24, 2.45) is 5.41 Å². The molecule has 1 aliphatic heterocycles. The molecule has 0 aromatic rings. The Bertz CT molecular complexity index is 276. The first-order chi connectivity index (χ1) is 6.90. The number of hydrogen-bond donors (Lipinski definition) is 0. The largest absolute Gasteiger partial charge is 0.334 e. The molecule has 0 aromatic heterocycles. The average Bonchev–Trinajstić information content (AvgIpc) is 2.62. The Balaban J connectivity index is 2.72. The van der Waals surface area contributed by atoms with E-state index in [1.165, 1.54) is 11.8 Å². The van der Waals surface area contributed by atoms with Crippen LogP contribution in [-0.4, -0.2) is 34.8 Å². The quantitative estimate of drug-likeness (QED) is 0.742. The molecule has 0 aliphatic carbocycles. The van der Waals surface area contributed by atoms with Crippen molar-refractivity contribution >= 4 is 22.8 Å². The standard InChI is InChI=1S/C11H19NO2S/c1-5-11(2,3)10(14)12(4)8-6-7-15-9(8)13/h8H,5-7H2,1-4H3. The molecule has 1 saturated heterocycles. The average molecular weight is 229 g/mol. The van der Waals surface area contributed by atoms with Crippen LogP contribution in [0.4, 0.5) is 0 Å². The van der Waals surface area contributed by atoms with Gasteiger partial charge in [0.2, 0.25) is 11.0 Å². The molecule has 1 fully saturated rings. The van der Waals surface area contributed by atoms with Crippen molar-refractivity contribution in [1.29, 1.82) is 0 Å². The number of hydrogen-bond acceptors (Lipinski definition) is 3. The number of rotatable bonds is 3. The molecule has 86 valence electrons. The molecule has 1 atom stereocenters. The van der Waals surface area contributed by atoms with Gasteiger partial charge in [-0.3, -0.25) is 9.59 Å². The molecule has 15 heavy (non-hydrogen) atoms. The van der Waals surface area contributed by atoms with E-state index in [0.717, 1.165) is 18.6 Å². The van der Waals surface area contributed by atoms with E-state index < -0.39 is 0 Å². The topological polar surface area (TPSA) is 37.4 Å². The van der Waals surface area contributed by atoms with E-state index in [0.29, 0.717) is 0 Å². The smallest absolute Gasteiger partial charge is 0.228 e. The number of nitrogens with zero attached hydrogens (tertiary/aromatic N) is 1. The second-order valence-corrected chi connectivity index (χ2v) is 5.72. The van der Waals surface area contributed by atoms with Crippen LogP contribution >= 0.6 is 11.8 Å². The van der Waals surface area contributed by atoms with Crippen LogP contribution in [0.5, 0.6) is 0 Å². The van der Waals surface area contributed by atoms with Crippen LogP contribution in [0.2, 0.25) is 0 Å². The monoisotopic (exact) mass is 229 g/mol. The molecule has 0 bridgehead atoms. The lowest BCUT2D eigenvalue weighted by Gasteiger charge is -2.31. The van der Waals surface area contributed by atoms with E-state index in [4.69, 9.17) is 0 Å². The molecule has 1 aliphatic rings. The van der Waals surface area contributed by atoms with Crippen molar-refractivity contribution in [1.82, 2.24) is 4.90 Å². The summed E-state index contributed by atoms with van der Waals surface area (Å²) < 4.78 is 0. The predicted molar refractivity (Wildman–Crippen MR) is 62.7 cm³/mol. The van der Waals surface area contributed by atoms with E-state index in [2.05, 4.69) is 0 Å². The molecule has 1 amide bonds. The van der Waals surface area contributed by atoms with E-state index in [1.54, 1.807) is 11.9 Å². The molecule has 0 spiro atoms. The lowest BCUT2D eigenvalue weighted by molar-refractivity contribution is -0.143. The van der Waals surface area contributed by atoms with Crippen molar-refractivity contribution in [2.75, 3.05) is 12.8 Å². The van der Waals surface area contributed by atoms with E-state index in [9.17, 15) is 9.59 Å². The summed E-state index contributed by atoms with van der Waals surface area (Å²) in [5.41, 5.74) is -0.359. The number of carbonyl (C=O) groups excluding carboxylic acids is 2. The highest BCUT2D eigenvalue weighted by atomic mass is 32.2. The van der Waals surface area contributed by atoms with Crippen LogP contribution in [0, 0.1) is 5.41 Å². The zero-order valence-corrected chi connectivity index (χ0v) is 10.7. The van der Waals surface area contributed by atoms with Crippen molar-refractivity contribution < 1.29 is 9.59 Å². The molecular formula is C11H19NO2S. The molecule has 1 rings (SSSR count). The number of thioether (sulfide) groups is 1. The summed E-state index contributed by atoms with van der Waals surface area (Å²) in [6, 6.07) is -0.201. The van der Waals surface area contributed by atoms with Crippen LogP contribution in [0.15, 0.2) is 0 Å². The first-order valence-electron chi connectivity index (χ1n) is 5.34. The van der Waals surface area contributed by atoms with Gasteiger partial charge in [-0.2, -0.15) is 0 Å². The van der Waals surface area contributed by atoms with Gasteiger partial charge in [-0.25, -0.2) is 0 Å². The van der Waals surface area contributed by atoms with E-state index in [-0.39, 0.29) is 22.5 Å². The normalized spacial score (nSPS) is 21.9. The third-order valence-electron chi connectivity index (χ3n) is 3.16. The molecular weight excluding hydrogens is 210 g/mol. The Hall–Kier alpha value is -0.510. The van der Waals surface area contributed by atoms with Crippen LogP contribution in [-0.2, 0) is 9.59 Å². The van der Waals surface area contributed by atoms with Crippen molar-refractivity contribution in [3.05, 3.63) is 0 Å². The van der Waals surface area contributed by atoms with Crippen molar-refractivity contribution in [3.63, 3.8) is 0 Å². The molecule has 1 unspecified atom stereocenters. The number of amides is 1. The molecule has 3 nitrogen and oxygen atoms in total. The van der Waals surface area contributed by atoms with Gasteiger partial charge in [0.05, 0.1) is 0 Å². The lowest BCUT2D eigenvalue weighted by atomic mass is 9.88. The number of likely N-dealkylation sites (N-methyl/N-ethyl adjacent to an activating group) is 1. The van der Waals surface area contributed by atoms with Gasteiger partial charge in [-0.15, -0.1) is 0 Å². The van der Waals surface area contributed by atoms with Gasteiger partial charge >= 0.3 is 0 Å². The maximum Gasteiger partial charge on any atom is 0.228 e. The Morgan fingerprint density at radius 3 is 2.60 bits per heavy atom. The molecule has 0 aromatic carbocycles. The van der Waals surface area contributed by atoms with Gasteiger partial charge in [-0.1, -0.05) is 32.5 Å². The van der Waals surface area contributed by atoms with Crippen LogP contribution < -0.4 is 0 Å². The molecule has 0 saturated carbocycles. The first-order valence-corrected chi connectivity index (χ1v) is 6.32. The Morgan fingerprint density at radius 2 is 2.20 bits per heavy atom. The molecule has 4 heteroatoms. The van der Waals surface area contributed by atoms with Gasteiger partial charge < -0.3 is 4.90 Å². The minimum Gasteiger partial charge on any atom is -0.334 e. The van der Waals surface area contributed by atoms with Crippen molar-refractivity contribution in [2.45, 2.75) is 39.7 Å². The SMILES string of the molecule is CCC(C)(C)C(=O)N(C)C1CCSC1=O. The zero-order chi connectivity index (χ0) is 11.6. The van der Waals surface area contributed by atoms with Gasteiger partial charge in [-0.05, 0) is 12.8 Å². The Kier molecular flexibility index (Phi) is 3.82. The van der Waals surface area contributed by atoms with Gasteiger partial charge in [0.15, 0.2) is 0 Å². The fraction of sp³-hybridized carbons (Fsp3) is 0.818. The van der Waals surface area contributed by atoms with Crippen LogP contribution in [0.1, 0.15) is 33.6 Å². The number of carbonyl (C=O) groups is 2. The second kappa shape index (κ2) is 4.56. The minimum absolute atomic E-state index is 0.0749. The summed E-state index contributed by atoms with van der Waals surface area (Å²) in [5.74, 6) is 0.916. The highest BCUT2D eigenvalue weighted by Gasteiger charge is 2.37. The summed E-state index contributed by atoms with van der Waals surface area (Å²) >= 11 is 1.34. The minimum atomic E-state index is -0.359. The van der Waals surface area contributed by atoms with Gasteiger partial charge in [0.25, 0.3) is 0 Å². The lowest BCUT2D eigenvalue weighted by Crippen LogP contribution is -2.45. The summed E-state index contributed by atoms with van der Waals surface area (Å²) in [4.78, 5) is 25.2. The van der Waals surface area contributed by atoms with Crippen LogP contribution in [0.3, 0.4) is 0 Å². The van der Waals surface area contributed by atoms with E-state index in [1.807, 2.05) is 20.8 Å². The van der Waals surface area contributed by atoms with E-state index >= 15 is 0 Å². The highest BCUT2D eigenvalue weighted by Crippen LogP contribution is 2.28. The van der Waals surface area contributed by atoms with Crippen molar-refractivity contribution in [3.8, 4) is 0 Å². The summed E-state index contributed by atoms with van der Waals surface area (Å²) in [6.45, 7) is 5.85. The highest BCUT2D eigenvalue weighted by molar-refractivity contribution is 8.14. The zero-order valence-electron chi connectivity index (χ0n) is 9.87.